The number of nitrogens with zero attached hydrogens (tertiary/aromatic N) is 3. The fourth-order valence-corrected chi connectivity index (χ4v) is 5.10. The molecule has 0 bridgehead atoms. The lowest BCUT2D eigenvalue weighted by Crippen LogP contribution is -2.23. The standard InChI is InChI=1S/C26H22BClFN5O2S/c27-22-16-31-34-25(13-24(33-26(22)34)21-3-1-2-4-23(21)28)30-14-17-5-7-18(8-6-17)15-32-37(35,36)20-11-9-19(29)10-12-20/h1-13,16,30,32H,14-15,27H2. The van der Waals surface area contributed by atoms with Crippen molar-refractivity contribution in [2.75, 3.05) is 5.32 Å². The van der Waals surface area contributed by atoms with Crippen LogP contribution in [0, 0.1) is 5.82 Å². The molecule has 5 rings (SSSR count). The van der Waals surface area contributed by atoms with Crippen molar-refractivity contribution in [2.24, 2.45) is 0 Å². The lowest BCUT2D eigenvalue weighted by atomic mass is 10.0. The van der Waals surface area contributed by atoms with Gasteiger partial charge in [0.1, 0.15) is 19.5 Å². The fraction of sp³-hybridized carbons (Fsp3) is 0.0769. The smallest absolute Gasteiger partial charge is 0.240 e. The molecule has 3 aromatic carbocycles. The van der Waals surface area contributed by atoms with Crippen LogP contribution >= 0.6 is 11.6 Å². The summed E-state index contributed by atoms with van der Waals surface area (Å²) in [4.78, 5) is 4.78. The van der Waals surface area contributed by atoms with Crippen molar-refractivity contribution in [3.8, 4) is 11.3 Å². The Morgan fingerprint density at radius 2 is 1.62 bits per heavy atom. The Kier molecular flexibility index (Phi) is 6.97. The van der Waals surface area contributed by atoms with Gasteiger partial charge in [-0.25, -0.2) is 22.5 Å². The van der Waals surface area contributed by atoms with Gasteiger partial charge in [0.15, 0.2) is 5.65 Å². The Balaban J connectivity index is 1.30. The van der Waals surface area contributed by atoms with E-state index >= 15 is 0 Å². The normalized spacial score (nSPS) is 11.6. The van der Waals surface area contributed by atoms with E-state index < -0.39 is 15.8 Å². The maximum absolute atomic E-state index is 13.1. The fourth-order valence-electron chi connectivity index (χ4n) is 3.85. The summed E-state index contributed by atoms with van der Waals surface area (Å²) < 4.78 is 42.3. The van der Waals surface area contributed by atoms with E-state index in [0.717, 1.165) is 51.4 Å². The van der Waals surface area contributed by atoms with Gasteiger partial charge in [-0.15, -0.1) is 0 Å². The van der Waals surface area contributed by atoms with E-state index in [2.05, 4.69) is 15.1 Å². The van der Waals surface area contributed by atoms with Gasteiger partial charge in [0, 0.05) is 35.9 Å². The molecule has 0 saturated carbocycles. The van der Waals surface area contributed by atoms with Crippen LogP contribution in [0.2, 0.25) is 5.02 Å². The molecule has 0 amide bonds. The summed E-state index contributed by atoms with van der Waals surface area (Å²) >= 11 is 6.42. The first-order valence-corrected chi connectivity index (χ1v) is 13.3. The van der Waals surface area contributed by atoms with Crippen LogP contribution in [0.4, 0.5) is 10.2 Å². The van der Waals surface area contributed by atoms with Crippen molar-refractivity contribution in [2.45, 2.75) is 18.0 Å². The van der Waals surface area contributed by atoms with Gasteiger partial charge in [0.25, 0.3) is 0 Å². The van der Waals surface area contributed by atoms with Crippen LogP contribution in [-0.4, -0.2) is 30.9 Å². The second-order valence-corrected chi connectivity index (χ2v) is 10.7. The number of hydrogen-bond acceptors (Lipinski definition) is 5. The molecule has 0 radical (unpaired) electrons. The molecule has 0 fully saturated rings. The number of nitrogens with one attached hydrogen (secondary N) is 2. The van der Waals surface area contributed by atoms with E-state index in [0.29, 0.717) is 11.6 Å². The molecule has 0 aliphatic carbocycles. The van der Waals surface area contributed by atoms with Crippen LogP contribution in [0.5, 0.6) is 0 Å². The Hall–Kier alpha value is -3.73. The summed E-state index contributed by atoms with van der Waals surface area (Å²) in [7, 11) is -1.78. The van der Waals surface area contributed by atoms with Crippen molar-refractivity contribution in [3.63, 3.8) is 0 Å². The van der Waals surface area contributed by atoms with Crippen molar-refractivity contribution >= 4 is 46.4 Å². The molecule has 0 aliphatic rings. The predicted molar refractivity (Wildman–Crippen MR) is 146 cm³/mol. The van der Waals surface area contributed by atoms with Gasteiger partial charge in [-0.2, -0.15) is 9.61 Å². The van der Waals surface area contributed by atoms with E-state index in [9.17, 15) is 12.8 Å². The second-order valence-electron chi connectivity index (χ2n) is 8.52. The average Bonchev–Trinajstić information content (AvgIpc) is 3.28. The zero-order chi connectivity index (χ0) is 26.0. The highest BCUT2D eigenvalue weighted by Crippen LogP contribution is 2.28. The third-order valence-electron chi connectivity index (χ3n) is 5.88. The molecule has 11 heteroatoms. The average molecular weight is 534 g/mol. The van der Waals surface area contributed by atoms with Crippen molar-refractivity contribution in [3.05, 3.63) is 107 Å². The molecule has 7 nitrogen and oxygen atoms in total. The lowest BCUT2D eigenvalue weighted by Gasteiger charge is -2.12. The van der Waals surface area contributed by atoms with Gasteiger partial charge in [0.2, 0.25) is 10.0 Å². The van der Waals surface area contributed by atoms with Crippen LogP contribution in [0.25, 0.3) is 16.9 Å². The van der Waals surface area contributed by atoms with Gasteiger partial charge >= 0.3 is 0 Å². The maximum Gasteiger partial charge on any atom is 0.240 e. The quantitative estimate of drug-likeness (QED) is 0.298. The summed E-state index contributed by atoms with van der Waals surface area (Å²) in [6.07, 6.45) is 1.77. The molecule has 0 unspecified atom stereocenters. The van der Waals surface area contributed by atoms with E-state index in [1.807, 2.05) is 62.4 Å². The molecule has 2 N–H and O–H groups in total. The van der Waals surface area contributed by atoms with Crippen LogP contribution < -0.4 is 15.5 Å². The molecule has 186 valence electrons. The van der Waals surface area contributed by atoms with Gasteiger partial charge in [0.05, 0.1) is 10.6 Å². The summed E-state index contributed by atoms with van der Waals surface area (Å²) in [5.74, 6) is 0.280. The molecule has 0 atom stereocenters. The molecule has 0 saturated heterocycles. The monoisotopic (exact) mass is 533 g/mol. The highest BCUT2D eigenvalue weighted by Gasteiger charge is 2.14. The van der Waals surface area contributed by atoms with Gasteiger partial charge < -0.3 is 5.32 Å². The van der Waals surface area contributed by atoms with E-state index in [1.165, 1.54) is 12.1 Å². The third kappa shape index (κ3) is 5.51. The zero-order valence-electron chi connectivity index (χ0n) is 19.8. The Morgan fingerprint density at radius 1 is 0.946 bits per heavy atom. The maximum atomic E-state index is 13.1. The van der Waals surface area contributed by atoms with Crippen molar-refractivity contribution < 1.29 is 12.8 Å². The zero-order valence-corrected chi connectivity index (χ0v) is 21.4. The summed E-state index contributed by atoms with van der Waals surface area (Å²) in [5.41, 5.74) is 5.06. The number of fused-ring (bicyclic) bond motifs is 1. The predicted octanol–water partition coefficient (Wildman–Crippen LogP) is 3.54. The molecular weight excluding hydrogens is 512 g/mol. The molecule has 5 aromatic rings. The Bertz CT molecular complexity index is 1680. The van der Waals surface area contributed by atoms with E-state index in [-0.39, 0.29) is 11.4 Å². The molecule has 0 spiro atoms. The lowest BCUT2D eigenvalue weighted by molar-refractivity contribution is 0.580. The van der Waals surface area contributed by atoms with Gasteiger partial charge in [-0.05, 0) is 46.9 Å². The molecule has 2 heterocycles. The number of hydrogen-bond donors (Lipinski definition) is 2. The second kappa shape index (κ2) is 10.3. The van der Waals surface area contributed by atoms with E-state index in [4.69, 9.17) is 16.6 Å². The number of halogens is 2. The third-order valence-corrected chi connectivity index (χ3v) is 7.63. The van der Waals surface area contributed by atoms with Crippen LogP contribution in [0.15, 0.2) is 90.0 Å². The number of aromatic nitrogens is 3. The highest BCUT2D eigenvalue weighted by atomic mass is 35.5. The molecule has 37 heavy (non-hydrogen) atoms. The summed E-state index contributed by atoms with van der Waals surface area (Å²) in [6.45, 7) is 0.633. The summed E-state index contributed by atoms with van der Waals surface area (Å²) in [6, 6.07) is 21.8. The largest absolute Gasteiger partial charge is 0.366 e. The van der Waals surface area contributed by atoms with Gasteiger partial charge in [-0.1, -0.05) is 54.1 Å². The van der Waals surface area contributed by atoms with Crippen LogP contribution in [0.3, 0.4) is 0 Å². The first-order valence-electron chi connectivity index (χ1n) is 11.5. The molecular formula is C26H22BClFN5O2S. The number of anilines is 1. The van der Waals surface area contributed by atoms with Crippen LogP contribution in [-0.2, 0) is 23.1 Å². The SMILES string of the molecule is Bc1cnn2c(NCc3ccc(CNS(=O)(=O)c4ccc(F)cc4)cc3)cc(-c3ccccc3Cl)nc12. The van der Waals surface area contributed by atoms with Crippen LogP contribution in [0.1, 0.15) is 11.1 Å². The van der Waals surface area contributed by atoms with Crippen molar-refractivity contribution in [1.29, 1.82) is 0 Å². The minimum Gasteiger partial charge on any atom is -0.366 e. The van der Waals surface area contributed by atoms with Crippen molar-refractivity contribution in [1.82, 2.24) is 19.3 Å². The number of benzene rings is 3. The Morgan fingerprint density at radius 3 is 2.32 bits per heavy atom. The first kappa shape index (κ1) is 24.9. The Labute approximate surface area is 219 Å². The van der Waals surface area contributed by atoms with Gasteiger partial charge in [-0.3, -0.25) is 0 Å². The highest BCUT2D eigenvalue weighted by molar-refractivity contribution is 7.89. The minimum atomic E-state index is -3.73. The number of sulfonamides is 1. The first-order chi connectivity index (χ1) is 17.8. The minimum absolute atomic E-state index is 0.0170. The molecule has 0 aliphatic heterocycles. The summed E-state index contributed by atoms with van der Waals surface area (Å²) in [5, 5.41) is 8.49. The number of rotatable bonds is 8. The topological polar surface area (TPSA) is 88.4 Å². The molecule has 2 aromatic heterocycles. The van der Waals surface area contributed by atoms with E-state index in [1.54, 1.807) is 10.7 Å².